The molecule has 4 aromatic rings. The molecule has 2 aromatic carbocycles. The van der Waals surface area contributed by atoms with Crippen LogP contribution in [0.2, 0.25) is 0 Å². The summed E-state index contributed by atoms with van der Waals surface area (Å²) in [5.41, 5.74) is 2.78. The van der Waals surface area contributed by atoms with Gasteiger partial charge in [-0.2, -0.15) is 14.9 Å². The fraction of sp³-hybridized carbons (Fsp3) is 0.324. The molecule has 4 heterocycles. The van der Waals surface area contributed by atoms with E-state index in [1.54, 1.807) is 17.8 Å². The molecule has 49 heavy (non-hydrogen) atoms. The number of hydrogen-bond acceptors (Lipinski definition) is 7. The highest BCUT2D eigenvalue weighted by molar-refractivity contribution is 6.03. The summed E-state index contributed by atoms with van der Waals surface area (Å²) in [6.07, 6.45) is -2.28. The molecule has 1 atom stereocenters. The predicted molar refractivity (Wildman–Crippen MR) is 175 cm³/mol. The van der Waals surface area contributed by atoms with E-state index < -0.39 is 23.9 Å². The molecule has 0 bridgehead atoms. The number of benzene rings is 2. The normalized spacial score (nSPS) is 15.9. The molecule has 2 aliphatic heterocycles. The first-order valence-electron chi connectivity index (χ1n) is 15.6. The molecule has 2 aromatic heterocycles. The van der Waals surface area contributed by atoms with Gasteiger partial charge in [0.2, 0.25) is 5.91 Å². The van der Waals surface area contributed by atoms with Gasteiger partial charge in [-0.05, 0) is 37.7 Å². The number of anilines is 1. The maximum absolute atomic E-state index is 13.0. The van der Waals surface area contributed by atoms with E-state index in [2.05, 4.69) is 32.3 Å². The fourth-order valence-corrected chi connectivity index (χ4v) is 5.29. The number of nitrogens with one attached hydrogen (secondary N) is 2. The van der Waals surface area contributed by atoms with Crippen LogP contribution in [0, 0.1) is 0 Å². The first-order valence-corrected chi connectivity index (χ1v) is 15.6. The molecule has 3 amide bonds. The quantitative estimate of drug-likeness (QED) is 0.246. The average Bonchev–Trinajstić information content (AvgIpc) is 3.73. The van der Waals surface area contributed by atoms with E-state index in [0.717, 1.165) is 36.1 Å². The molecule has 0 radical (unpaired) electrons. The number of halogens is 3. The van der Waals surface area contributed by atoms with Gasteiger partial charge in [-0.15, -0.1) is 13.2 Å². The van der Waals surface area contributed by atoms with E-state index in [9.17, 15) is 27.6 Å². The van der Waals surface area contributed by atoms with Crippen molar-refractivity contribution in [1.82, 2.24) is 35.1 Å². The van der Waals surface area contributed by atoms with Gasteiger partial charge in [0.05, 0.1) is 31.1 Å². The number of carbonyl (C=O) groups is 3. The van der Waals surface area contributed by atoms with Crippen molar-refractivity contribution < 1.29 is 32.3 Å². The third-order valence-electron chi connectivity index (χ3n) is 8.07. The van der Waals surface area contributed by atoms with Crippen LogP contribution in [0.25, 0.3) is 5.69 Å². The summed E-state index contributed by atoms with van der Waals surface area (Å²) in [5.74, 6) is -0.700. The van der Waals surface area contributed by atoms with Gasteiger partial charge < -0.3 is 15.4 Å². The van der Waals surface area contributed by atoms with Gasteiger partial charge in [0.1, 0.15) is 17.6 Å². The smallest absolute Gasteiger partial charge is 0.378 e. The van der Waals surface area contributed by atoms with Crippen LogP contribution in [0.4, 0.5) is 19.0 Å². The van der Waals surface area contributed by atoms with Crippen LogP contribution >= 0.6 is 0 Å². The minimum atomic E-state index is -4.72. The zero-order valence-corrected chi connectivity index (χ0v) is 27.1. The van der Waals surface area contributed by atoms with Crippen molar-refractivity contribution in [3.63, 3.8) is 0 Å². The molecular weight excluding hydrogens is 641 g/mol. The van der Waals surface area contributed by atoms with Crippen LogP contribution in [0.5, 0.6) is 0 Å². The summed E-state index contributed by atoms with van der Waals surface area (Å²) in [5, 5.41) is 13.0. The summed E-state index contributed by atoms with van der Waals surface area (Å²) in [4.78, 5) is 40.9. The number of para-hydroxylation sites is 1. The first-order chi connectivity index (χ1) is 23.5. The van der Waals surface area contributed by atoms with Crippen molar-refractivity contribution in [2.24, 2.45) is 0 Å². The number of rotatable bonds is 10. The number of hydrogen-bond donors (Lipinski definition) is 2. The average molecular weight is 679 g/mol. The zero-order chi connectivity index (χ0) is 35.1. The highest BCUT2D eigenvalue weighted by Crippen LogP contribution is 2.30. The Morgan fingerprint density at radius 2 is 1.73 bits per heavy atom. The van der Waals surface area contributed by atoms with Crippen LogP contribution < -0.4 is 15.5 Å². The molecule has 2 N–H and O–H groups in total. The third-order valence-corrected chi connectivity index (χ3v) is 8.07. The van der Waals surface area contributed by atoms with Crippen LogP contribution in [0.3, 0.4) is 0 Å². The van der Waals surface area contributed by atoms with Crippen molar-refractivity contribution in [2.75, 3.05) is 38.3 Å². The molecule has 1 fully saturated rings. The molecule has 1 saturated heterocycles. The molecule has 6 rings (SSSR count). The number of alkyl halides is 3. The SMILES string of the molecule is C=C(CN(C)C1COC1)C(=O)NCc1ccccc1.CCN1C(=O)C(NC(=O)c2ccn(C(F)(F)F)n2)Cc2cnn(-c3ccccc3)c21. The predicted octanol–water partition coefficient (Wildman–Crippen LogP) is 3.44. The van der Waals surface area contributed by atoms with Gasteiger partial charge in [0.15, 0.2) is 0 Å². The fourth-order valence-electron chi connectivity index (χ4n) is 5.29. The summed E-state index contributed by atoms with van der Waals surface area (Å²) in [7, 11) is 1.99. The number of carbonyl (C=O) groups excluding carboxylic acids is 3. The number of nitrogens with zero attached hydrogens (tertiary/aromatic N) is 6. The summed E-state index contributed by atoms with van der Waals surface area (Å²) < 4.78 is 44.6. The van der Waals surface area contributed by atoms with E-state index in [1.165, 1.54) is 4.90 Å². The monoisotopic (exact) mass is 678 g/mol. The number of likely N-dealkylation sites (N-methyl/N-ethyl adjacent to an activating group) is 2. The maximum atomic E-state index is 13.0. The van der Waals surface area contributed by atoms with Crippen molar-refractivity contribution in [1.29, 1.82) is 0 Å². The Morgan fingerprint density at radius 1 is 1.06 bits per heavy atom. The lowest BCUT2D eigenvalue weighted by Crippen LogP contribution is -2.53. The molecule has 15 heteroatoms. The Kier molecular flexibility index (Phi) is 10.9. The van der Waals surface area contributed by atoms with Crippen LogP contribution in [0.1, 0.15) is 28.5 Å². The summed E-state index contributed by atoms with van der Waals surface area (Å²) in [6, 6.07) is 19.6. The molecule has 258 valence electrons. The van der Waals surface area contributed by atoms with Gasteiger partial charge in [-0.25, -0.2) is 4.68 Å². The second-order valence-electron chi connectivity index (χ2n) is 11.5. The van der Waals surface area contributed by atoms with Crippen molar-refractivity contribution in [3.8, 4) is 5.69 Å². The van der Waals surface area contributed by atoms with Gasteiger partial charge in [0, 0.05) is 43.4 Å². The van der Waals surface area contributed by atoms with E-state index >= 15 is 0 Å². The van der Waals surface area contributed by atoms with Crippen LogP contribution in [-0.4, -0.2) is 87.6 Å². The topological polar surface area (TPSA) is 127 Å². The number of amides is 3. The lowest BCUT2D eigenvalue weighted by atomic mass is 10.0. The van der Waals surface area contributed by atoms with Gasteiger partial charge in [-0.3, -0.25) is 24.2 Å². The highest BCUT2D eigenvalue weighted by atomic mass is 19.4. The molecule has 0 saturated carbocycles. The highest BCUT2D eigenvalue weighted by Gasteiger charge is 2.37. The van der Waals surface area contributed by atoms with Gasteiger partial charge in [0.25, 0.3) is 11.8 Å². The Morgan fingerprint density at radius 3 is 2.33 bits per heavy atom. The summed E-state index contributed by atoms with van der Waals surface area (Å²) in [6.45, 7) is 8.58. The maximum Gasteiger partial charge on any atom is 0.504 e. The molecule has 12 nitrogen and oxygen atoms in total. The minimum Gasteiger partial charge on any atom is -0.378 e. The minimum absolute atomic E-state index is 0.0871. The lowest BCUT2D eigenvalue weighted by molar-refractivity contribution is -0.212. The van der Waals surface area contributed by atoms with Crippen LogP contribution in [-0.2, 0) is 33.6 Å². The number of fused-ring (bicyclic) bond motifs is 1. The lowest BCUT2D eigenvalue weighted by Gasteiger charge is -2.34. The molecule has 2 aliphatic rings. The second-order valence-corrected chi connectivity index (χ2v) is 11.5. The first kappa shape index (κ1) is 35.0. The largest absolute Gasteiger partial charge is 0.504 e. The van der Waals surface area contributed by atoms with E-state index in [4.69, 9.17) is 4.74 Å². The van der Waals surface area contributed by atoms with E-state index in [1.807, 2.05) is 67.7 Å². The Labute approximate surface area is 281 Å². The van der Waals surface area contributed by atoms with E-state index in [0.29, 0.717) is 43.3 Å². The van der Waals surface area contributed by atoms with Gasteiger partial charge >= 0.3 is 6.30 Å². The standard InChI is InChI=1S/C19H17F3N6O2.C15H20N2O2/c1-2-26-17-12(11-23-28(17)13-6-4-3-5-7-13)10-15(18(26)30)24-16(29)14-8-9-27(25-14)19(20,21)22;1-12(9-17(2)14-10-19-11-14)15(18)16-8-13-6-4-3-5-7-13/h3-9,11,15H,2,10H2,1H3,(H,24,29);3-7,14H,1,8-11H2,2H3,(H,16,18). The molecular formula is C34H37F3N8O4. The Hall–Kier alpha value is -5.28. The van der Waals surface area contributed by atoms with Crippen molar-refractivity contribution in [3.05, 3.63) is 108 Å². The molecule has 0 spiro atoms. The Bertz CT molecular complexity index is 1770. The molecule has 1 unspecified atom stereocenters. The Balaban J connectivity index is 0.000000212. The van der Waals surface area contributed by atoms with Gasteiger partial charge in [-0.1, -0.05) is 55.1 Å². The van der Waals surface area contributed by atoms with E-state index in [-0.39, 0.29) is 22.9 Å². The van der Waals surface area contributed by atoms with Crippen molar-refractivity contribution in [2.45, 2.75) is 38.3 Å². The van der Waals surface area contributed by atoms with Crippen LogP contribution in [0.15, 0.2) is 91.3 Å². The summed E-state index contributed by atoms with van der Waals surface area (Å²) >= 11 is 0. The number of ether oxygens (including phenoxy) is 1. The molecule has 0 aliphatic carbocycles. The second kappa shape index (κ2) is 15.3. The van der Waals surface area contributed by atoms with Crippen molar-refractivity contribution >= 4 is 23.5 Å². The zero-order valence-electron chi connectivity index (χ0n) is 27.1. The number of aromatic nitrogens is 4. The third kappa shape index (κ3) is 8.42.